The third-order valence-electron chi connectivity index (χ3n) is 5.43. The highest BCUT2D eigenvalue weighted by atomic mass is 16.2. The molecule has 4 rings (SSSR count). The van der Waals surface area contributed by atoms with Gasteiger partial charge in [0.2, 0.25) is 11.9 Å². The molecule has 1 aliphatic rings. The van der Waals surface area contributed by atoms with Crippen LogP contribution >= 0.6 is 0 Å². The predicted octanol–water partition coefficient (Wildman–Crippen LogP) is 3.26. The zero-order valence-electron chi connectivity index (χ0n) is 17.0. The first-order chi connectivity index (χ1) is 14.1. The molecule has 0 bridgehead atoms. The quantitative estimate of drug-likeness (QED) is 0.726. The molecule has 1 saturated heterocycles. The third kappa shape index (κ3) is 4.54. The summed E-state index contributed by atoms with van der Waals surface area (Å²) in [5, 5.41) is 4.59. The van der Waals surface area contributed by atoms with Crippen molar-refractivity contribution in [1.82, 2.24) is 19.8 Å². The van der Waals surface area contributed by atoms with Gasteiger partial charge in [-0.15, -0.1) is 0 Å². The van der Waals surface area contributed by atoms with Gasteiger partial charge < -0.3 is 10.2 Å². The summed E-state index contributed by atoms with van der Waals surface area (Å²) in [6.45, 7) is 2.29. The fourth-order valence-electron chi connectivity index (χ4n) is 3.71. The van der Waals surface area contributed by atoms with Crippen molar-refractivity contribution >= 4 is 22.8 Å². The molecule has 3 aromatic rings. The summed E-state index contributed by atoms with van der Waals surface area (Å²) in [7, 11) is 3.61. The number of para-hydroxylation sites is 1. The number of amides is 1. The SMILES string of the molecule is CN(C)C(=O)CN1CCC(Nc2nc(-c3ccccc3)c3ccccc3n2)CC1. The van der Waals surface area contributed by atoms with Crippen molar-refractivity contribution in [3.63, 3.8) is 0 Å². The van der Waals surface area contributed by atoms with Crippen molar-refractivity contribution in [3.8, 4) is 11.3 Å². The maximum Gasteiger partial charge on any atom is 0.236 e. The van der Waals surface area contributed by atoms with Gasteiger partial charge in [0.05, 0.1) is 17.8 Å². The van der Waals surface area contributed by atoms with Crippen LogP contribution in [0.2, 0.25) is 0 Å². The Bertz CT molecular complexity index is 981. The zero-order chi connectivity index (χ0) is 20.2. The molecule has 2 aromatic carbocycles. The van der Waals surface area contributed by atoms with Gasteiger partial charge in [-0.05, 0) is 18.9 Å². The van der Waals surface area contributed by atoms with Gasteiger partial charge in [-0.3, -0.25) is 9.69 Å². The number of anilines is 1. The number of hydrogen-bond donors (Lipinski definition) is 1. The van der Waals surface area contributed by atoms with Crippen LogP contribution in [0.15, 0.2) is 54.6 Å². The normalized spacial score (nSPS) is 15.4. The topological polar surface area (TPSA) is 61.4 Å². The zero-order valence-corrected chi connectivity index (χ0v) is 17.0. The van der Waals surface area contributed by atoms with Crippen molar-refractivity contribution in [2.45, 2.75) is 18.9 Å². The lowest BCUT2D eigenvalue weighted by Gasteiger charge is -2.32. The molecule has 1 aliphatic heterocycles. The molecule has 6 nitrogen and oxygen atoms in total. The average molecular weight is 390 g/mol. The van der Waals surface area contributed by atoms with Crippen molar-refractivity contribution in [2.75, 3.05) is 39.0 Å². The Labute approximate surface area is 171 Å². The van der Waals surface area contributed by atoms with Crippen LogP contribution < -0.4 is 5.32 Å². The van der Waals surface area contributed by atoms with E-state index in [9.17, 15) is 4.79 Å². The van der Waals surface area contributed by atoms with E-state index < -0.39 is 0 Å². The van der Waals surface area contributed by atoms with Crippen LogP contribution in [0.4, 0.5) is 5.95 Å². The van der Waals surface area contributed by atoms with Gasteiger partial charge in [-0.1, -0.05) is 48.5 Å². The first-order valence-electron chi connectivity index (χ1n) is 10.1. The Hall–Kier alpha value is -2.99. The van der Waals surface area contributed by atoms with E-state index in [1.54, 1.807) is 19.0 Å². The molecule has 0 radical (unpaired) electrons. The molecule has 0 unspecified atom stereocenters. The first kappa shape index (κ1) is 19.3. The average Bonchev–Trinajstić information content (AvgIpc) is 2.75. The lowest BCUT2D eigenvalue weighted by molar-refractivity contribution is -0.130. The van der Waals surface area contributed by atoms with Gasteiger partial charge in [0, 0.05) is 44.2 Å². The molecular weight excluding hydrogens is 362 g/mol. The Balaban J connectivity index is 1.50. The Kier molecular flexibility index (Phi) is 5.71. The van der Waals surface area contributed by atoms with E-state index in [0.29, 0.717) is 18.5 Å². The number of carbonyl (C=O) groups is 1. The Morgan fingerprint density at radius 1 is 1.03 bits per heavy atom. The molecule has 1 aromatic heterocycles. The number of hydrogen-bond acceptors (Lipinski definition) is 5. The van der Waals surface area contributed by atoms with E-state index >= 15 is 0 Å². The van der Waals surface area contributed by atoms with E-state index in [4.69, 9.17) is 9.97 Å². The van der Waals surface area contributed by atoms with Crippen molar-refractivity contribution in [1.29, 1.82) is 0 Å². The molecule has 0 atom stereocenters. The van der Waals surface area contributed by atoms with Crippen molar-refractivity contribution in [2.24, 2.45) is 0 Å². The monoisotopic (exact) mass is 389 g/mol. The van der Waals surface area contributed by atoms with Crippen molar-refractivity contribution in [3.05, 3.63) is 54.6 Å². The third-order valence-corrected chi connectivity index (χ3v) is 5.43. The standard InChI is InChI=1S/C23H27N5O/c1-27(2)21(29)16-28-14-12-18(13-15-28)24-23-25-20-11-7-6-10-19(20)22(26-23)17-8-4-3-5-9-17/h3-11,18H,12-16H2,1-2H3,(H,24,25,26). The number of nitrogens with one attached hydrogen (secondary N) is 1. The number of fused-ring (bicyclic) bond motifs is 1. The molecular formula is C23H27N5O. The molecule has 0 spiro atoms. The van der Waals surface area contributed by atoms with Crippen LogP contribution in [0.1, 0.15) is 12.8 Å². The van der Waals surface area contributed by atoms with E-state index in [-0.39, 0.29) is 5.91 Å². The smallest absolute Gasteiger partial charge is 0.236 e. The molecule has 0 aliphatic carbocycles. The number of rotatable bonds is 5. The fourth-order valence-corrected chi connectivity index (χ4v) is 3.71. The highest BCUT2D eigenvalue weighted by Crippen LogP contribution is 2.27. The molecule has 150 valence electrons. The van der Waals surface area contributed by atoms with Gasteiger partial charge >= 0.3 is 0 Å². The molecule has 29 heavy (non-hydrogen) atoms. The van der Waals surface area contributed by atoms with Crippen LogP contribution in [-0.2, 0) is 4.79 Å². The number of nitrogens with zero attached hydrogens (tertiary/aromatic N) is 4. The molecule has 1 N–H and O–H groups in total. The summed E-state index contributed by atoms with van der Waals surface area (Å²) in [5.41, 5.74) is 2.98. The van der Waals surface area contributed by atoms with Crippen LogP contribution in [0.3, 0.4) is 0 Å². The second-order valence-electron chi connectivity index (χ2n) is 7.76. The maximum absolute atomic E-state index is 11.9. The number of aromatic nitrogens is 2. The van der Waals surface area contributed by atoms with Crippen LogP contribution in [-0.4, -0.2) is 65.4 Å². The van der Waals surface area contributed by atoms with Crippen LogP contribution in [0.25, 0.3) is 22.2 Å². The van der Waals surface area contributed by atoms with Gasteiger partial charge in [0.1, 0.15) is 0 Å². The lowest BCUT2D eigenvalue weighted by atomic mass is 10.0. The lowest BCUT2D eigenvalue weighted by Crippen LogP contribution is -2.44. The minimum atomic E-state index is 0.154. The number of piperidine rings is 1. The minimum Gasteiger partial charge on any atom is -0.351 e. The first-order valence-corrected chi connectivity index (χ1v) is 10.1. The molecule has 0 saturated carbocycles. The second kappa shape index (κ2) is 8.57. The maximum atomic E-state index is 11.9. The van der Waals surface area contributed by atoms with Gasteiger partial charge in [-0.2, -0.15) is 0 Å². The number of carbonyl (C=O) groups excluding carboxylic acids is 1. The van der Waals surface area contributed by atoms with E-state index in [1.165, 1.54) is 0 Å². The summed E-state index contributed by atoms with van der Waals surface area (Å²) in [4.78, 5) is 25.4. The number of benzene rings is 2. The summed E-state index contributed by atoms with van der Waals surface area (Å²) in [6.07, 6.45) is 1.94. The van der Waals surface area contributed by atoms with Gasteiger partial charge in [-0.25, -0.2) is 9.97 Å². The largest absolute Gasteiger partial charge is 0.351 e. The van der Waals surface area contributed by atoms with Crippen molar-refractivity contribution < 1.29 is 4.79 Å². The summed E-state index contributed by atoms with van der Waals surface area (Å²) < 4.78 is 0. The van der Waals surface area contributed by atoms with Crippen LogP contribution in [0.5, 0.6) is 0 Å². The number of likely N-dealkylation sites (N-methyl/N-ethyl adjacent to an activating group) is 1. The second-order valence-corrected chi connectivity index (χ2v) is 7.76. The summed E-state index contributed by atoms with van der Waals surface area (Å²) >= 11 is 0. The molecule has 2 heterocycles. The number of likely N-dealkylation sites (tertiary alicyclic amines) is 1. The van der Waals surface area contributed by atoms with Gasteiger partial charge in [0.15, 0.2) is 0 Å². The Morgan fingerprint density at radius 2 is 1.72 bits per heavy atom. The Morgan fingerprint density at radius 3 is 2.45 bits per heavy atom. The van der Waals surface area contributed by atoms with E-state index in [0.717, 1.165) is 48.1 Å². The molecule has 6 heteroatoms. The van der Waals surface area contributed by atoms with Gasteiger partial charge in [0.25, 0.3) is 0 Å². The minimum absolute atomic E-state index is 0.154. The molecule has 1 fully saturated rings. The predicted molar refractivity (Wildman–Crippen MR) is 117 cm³/mol. The highest BCUT2D eigenvalue weighted by Gasteiger charge is 2.22. The fraction of sp³-hybridized carbons (Fsp3) is 0.348. The summed E-state index contributed by atoms with van der Waals surface area (Å²) in [6, 6.07) is 18.7. The van der Waals surface area contributed by atoms with E-state index in [1.807, 2.05) is 36.4 Å². The van der Waals surface area contributed by atoms with E-state index in [2.05, 4.69) is 28.4 Å². The van der Waals surface area contributed by atoms with Crippen LogP contribution in [0, 0.1) is 0 Å². The highest BCUT2D eigenvalue weighted by molar-refractivity contribution is 5.93. The molecule has 1 amide bonds. The summed E-state index contributed by atoms with van der Waals surface area (Å²) in [5.74, 6) is 0.826.